The topological polar surface area (TPSA) is 46.2 Å². The summed E-state index contributed by atoms with van der Waals surface area (Å²) in [6, 6.07) is 9.51. The van der Waals surface area contributed by atoms with E-state index >= 15 is 0 Å². The fourth-order valence-corrected chi connectivity index (χ4v) is 2.48. The first kappa shape index (κ1) is 14.2. The molecule has 0 spiro atoms. The van der Waals surface area contributed by atoms with Crippen LogP contribution in [0.3, 0.4) is 0 Å². The molecule has 3 nitrogen and oxygen atoms in total. The maximum atomic E-state index is 11.9. The zero-order valence-corrected chi connectivity index (χ0v) is 11.7. The summed E-state index contributed by atoms with van der Waals surface area (Å²) in [5.41, 5.74) is 1.00. The average Bonchev–Trinajstić information content (AvgIpc) is 2.25. The van der Waals surface area contributed by atoms with Gasteiger partial charge < -0.3 is 5.32 Å². The van der Waals surface area contributed by atoms with Crippen molar-refractivity contribution in [1.29, 1.82) is 0 Å². The largest absolute Gasteiger partial charge is 0.309 e. The Kier molecular flexibility index (Phi) is 4.33. The van der Waals surface area contributed by atoms with Crippen LogP contribution >= 0.6 is 0 Å². The highest BCUT2D eigenvalue weighted by Gasteiger charge is 2.39. The average molecular weight is 255 g/mol. The third kappa shape index (κ3) is 3.07. The van der Waals surface area contributed by atoms with Crippen molar-refractivity contribution in [1.82, 2.24) is 5.32 Å². The fraction of sp³-hybridized carbons (Fsp3) is 0.538. The second kappa shape index (κ2) is 5.19. The zero-order chi connectivity index (χ0) is 13.1. The molecule has 0 aliphatic carbocycles. The first-order valence-electron chi connectivity index (χ1n) is 5.78. The van der Waals surface area contributed by atoms with Gasteiger partial charge >= 0.3 is 0 Å². The Morgan fingerprint density at radius 2 is 1.76 bits per heavy atom. The third-order valence-corrected chi connectivity index (χ3v) is 5.34. The van der Waals surface area contributed by atoms with Crippen molar-refractivity contribution in [2.45, 2.75) is 31.6 Å². The summed E-state index contributed by atoms with van der Waals surface area (Å²) in [4.78, 5) is 0. The van der Waals surface area contributed by atoms with E-state index in [9.17, 15) is 8.42 Å². The molecule has 0 aliphatic heterocycles. The second-order valence-electron chi connectivity index (χ2n) is 4.78. The monoisotopic (exact) mass is 255 g/mol. The first-order chi connectivity index (χ1) is 7.80. The Balaban J connectivity index is 3.19. The van der Waals surface area contributed by atoms with Gasteiger partial charge in [0.2, 0.25) is 0 Å². The molecule has 0 radical (unpaired) electrons. The smallest absolute Gasteiger partial charge is 0.154 e. The van der Waals surface area contributed by atoms with Crippen LogP contribution in [0, 0.1) is 0 Å². The molecule has 1 aromatic rings. The zero-order valence-electron chi connectivity index (χ0n) is 10.9. The molecule has 1 aromatic carbocycles. The van der Waals surface area contributed by atoms with Gasteiger partial charge in [-0.25, -0.2) is 8.42 Å². The van der Waals surface area contributed by atoms with Crippen LogP contribution in [0.5, 0.6) is 0 Å². The number of nitrogens with one attached hydrogen (secondary N) is 1. The third-order valence-electron chi connectivity index (χ3n) is 3.19. The van der Waals surface area contributed by atoms with Crippen molar-refractivity contribution in [3.05, 3.63) is 35.9 Å². The van der Waals surface area contributed by atoms with E-state index in [1.165, 1.54) is 6.26 Å². The van der Waals surface area contributed by atoms with Gasteiger partial charge in [-0.05, 0) is 26.0 Å². The van der Waals surface area contributed by atoms with Crippen LogP contribution in [0.4, 0.5) is 0 Å². The molecule has 0 aliphatic rings. The molecule has 0 amide bonds. The van der Waals surface area contributed by atoms with Crippen molar-refractivity contribution >= 4 is 9.84 Å². The van der Waals surface area contributed by atoms with Crippen LogP contribution in [0.15, 0.2) is 30.3 Å². The number of hydrogen-bond donors (Lipinski definition) is 1. The van der Waals surface area contributed by atoms with Crippen molar-refractivity contribution in [2.75, 3.05) is 12.8 Å². The lowest BCUT2D eigenvalue weighted by molar-refractivity contribution is 0.428. The number of rotatable bonds is 5. The summed E-state index contributed by atoms with van der Waals surface area (Å²) >= 11 is 0. The SMILES string of the molecule is CCNC(c1ccccc1)C(C)(C)S(C)(=O)=O. The molecule has 1 N–H and O–H groups in total. The summed E-state index contributed by atoms with van der Waals surface area (Å²) in [5.74, 6) is 0. The summed E-state index contributed by atoms with van der Waals surface area (Å²) in [7, 11) is -3.13. The highest BCUT2D eigenvalue weighted by Crippen LogP contribution is 2.31. The molecule has 0 fully saturated rings. The van der Waals surface area contributed by atoms with Gasteiger partial charge in [-0.3, -0.25) is 0 Å². The normalized spacial score (nSPS) is 14.6. The second-order valence-corrected chi connectivity index (χ2v) is 7.37. The van der Waals surface area contributed by atoms with Gasteiger partial charge in [-0.15, -0.1) is 0 Å². The molecule has 1 unspecified atom stereocenters. The van der Waals surface area contributed by atoms with E-state index in [1.54, 1.807) is 13.8 Å². The quantitative estimate of drug-likeness (QED) is 0.877. The van der Waals surface area contributed by atoms with Gasteiger partial charge in [0.15, 0.2) is 9.84 Å². The Labute approximate surface area is 104 Å². The Morgan fingerprint density at radius 1 is 1.24 bits per heavy atom. The highest BCUT2D eigenvalue weighted by molar-refractivity contribution is 7.92. The predicted molar refractivity (Wildman–Crippen MR) is 71.8 cm³/mol. The van der Waals surface area contributed by atoms with E-state index in [1.807, 2.05) is 37.3 Å². The fourth-order valence-electron chi connectivity index (χ4n) is 1.83. The van der Waals surface area contributed by atoms with E-state index in [2.05, 4.69) is 5.32 Å². The summed E-state index contributed by atoms with van der Waals surface area (Å²) < 4.78 is 23.0. The molecule has 1 atom stereocenters. The van der Waals surface area contributed by atoms with Crippen LogP contribution in [0.1, 0.15) is 32.4 Å². The van der Waals surface area contributed by atoms with Crippen molar-refractivity contribution < 1.29 is 8.42 Å². The Morgan fingerprint density at radius 3 is 2.18 bits per heavy atom. The van der Waals surface area contributed by atoms with Crippen LogP contribution < -0.4 is 5.32 Å². The molecular weight excluding hydrogens is 234 g/mol. The van der Waals surface area contributed by atoms with E-state index in [4.69, 9.17) is 0 Å². The predicted octanol–water partition coefficient (Wildman–Crippen LogP) is 2.16. The molecule has 0 saturated carbocycles. The number of sulfone groups is 1. The van der Waals surface area contributed by atoms with Gasteiger partial charge in [-0.1, -0.05) is 37.3 Å². The van der Waals surface area contributed by atoms with Crippen molar-refractivity contribution in [2.24, 2.45) is 0 Å². The summed E-state index contributed by atoms with van der Waals surface area (Å²) in [6.07, 6.45) is 1.29. The molecule has 0 heterocycles. The Bertz CT molecular complexity index is 452. The lowest BCUT2D eigenvalue weighted by Crippen LogP contribution is -2.44. The first-order valence-corrected chi connectivity index (χ1v) is 7.67. The minimum absolute atomic E-state index is 0.191. The molecule has 0 saturated heterocycles. The molecule has 1 rings (SSSR count). The van der Waals surface area contributed by atoms with E-state index in [0.717, 1.165) is 12.1 Å². The number of benzene rings is 1. The van der Waals surface area contributed by atoms with Gasteiger partial charge in [0.25, 0.3) is 0 Å². The molecule has 96 valence electrons. The van der Waals surface area contributed by atoms with Crippen molar-refractivity contribution in [3.63, 3.8) is 0 Å². The van der Waals surface area contributed by atoms with Crippen LogP contribution in [0.2, 0.25) is 0 Å². The van der Waals surface area contributed by atoms with Gasteiger partial charge in [0.1, 0.15) is 0 Å². The molecule has 0 aromatic heterocycles. The molecule has 0 bridgehead atoms. The standard InChI is InChI=1S/C13H21NO2S/c1-5-14-12(11-9-7-6-8-10-11)13(2,3)17(4,15)16/h6-10,12,14H,5H2,1-4H3. The summed E-state index contributed by atoms with van der Waals surface area (Å²) in [5, 5.41) is 3.27. The van der Waals surface area contributed by atoms with E-state index < -0.39 is 14.6 Å². The maximum Gasteiger partial charge on any atom is 0.154 e. The van der Waals surface area contributed by atoms with Crippen LogP contribution in [-0.4, -0.2) is 26.0 Å². The van der Waals surface area contributed by atoms with Crippen LogP contribution in [0.25, 0.3) is 0 Å². The Hall–Kier alpha value is -0.870. The highest BCUT2D eigenvalue weighted by atomic mass is 32.2. The number of hydrogen-bond acceptors (Lipinski definition) is 3. The van der Waals surface area contributed by atoms with E-state index in [-0.39, 0.29) is 6.04 Å². The lowest BCUT2D eigenvalue weighted by atomic mass is 9.95. The summed E-state index contributed by atoms with van der Waals surface area (Å²) in [6.45, 7) is 6.25. The van der Waals surface area contributed by atoms with Gasteiger partial charge in [0.05, 0.1) is 10.8 Å². The van der Waals surface area contributed by atoms with Crippen molar-refractivity contribution in [3.8, 4) is 0 Å². The minimum Gasteiger partial charge on any atom is -0.309 e. The molecule has 17 heavy (non-hydrogen) atoms. The molecular formula is C13H21NO2S. The van der Waals surface area contributed by atoms with Gasteiger partial charge in [-0.2, -0.15) is 0 Å². The molecule has 4 heteroatoms. The van der Waals surface area contributed by atoms with Crippen LogP contribution in [-0.2, 0) is 9.84 Å². The minimum atomic E-state index is -3.13. The lowest BCUT2D eigenvalue weighted by Gasteiger charge is -2.33. The van der Waals surface area contributed by atoms with Gasteiger partial charge in [0, 0.05) is 6.26 Å². The maximum absolute atomic E-state index is 11.9. The van der Waals surface area contributed by atoms with E-state index in [0.29, 0.717) is 0 Å².